The van der Waals surface area contributed by atoms with Crippen molar-refractivity contribution in [1.29, 1.82) is 0 Å². The van der Waals surface area contributed by atoms with Crippen molar-refractivity contribution in [1.82, 2.24) is 0 Å². The van der Waals surface area contributed by atoms with Gasteiger partial charge in [-0.3, -0.25) is 0 Å². The van der Waals surface area contributed by atoms with Crippen molar-refractivity contribution in [3.8, 4) is 0 Å². The first-order valence-electron chi connectivity index (χ1n) is 8.15. The molecule has 0 aliphatic heterocycles. The second-order valence-electron chi connectivity index (χ2n) is 8.01. The summed E-state index contributed by atoms with van der Waals surface area (Å²) in [4.78, 5) is 0. The van der Waals surface area contributed by atoms with Crippen LogP contribution in [0.2, 0.25) is 0 Å². The molecule has 4 aliphatic carbocycles. The lowest BCUT2D eigenvalue weighted by molar-refractivity contribution is 0.287. The van der Waals surface area contributed by atoms with E-state index in [0.717, 1.165) is 0 Å². The molecule has 0 radical (unpaired) electrons. The monoisotopic (exact) mass is 276 g/mol. The molecule has 0 fully saturated rings. The van der Waals surface area contributed by atoms with Gasteiger partial charge in [-0.15, -0.1) is 0 Å². The maximum absolute atomic E-state index is 2.54. The molecule has 0 saturated heterocycles. The molecule has 4 aliphatic rings. The molecule has 0 nitrogen and oxygen atoms in total. The summed E-state index contributed by atoms with van der Waals surface area (Å²) < 4.78 is 0. The summed E-state index contributed by atoms with van der Waals surface area (Å²) in [5, 5.41) is 0. The van der Waals surface area contributed by atoms with Gasteiger partial charge in [0.2, 0.25) is 0 Å². The fourth-order valence-corrected chi connectivity index (χ4v) is 4.22. The lowest BCUT2D eigenvalue weighted by Gasteiger charge is -2.43. The molecule has 0 aromatic heterocycles. The average molecular weight is 276 g/mol. The van der Waals surface area contributed by atoms with Crippen LogP contribution < -0.4 is 0 Å². The SMILES string of the molecule is CC1=CC=C2C=CC3=CC(C(C)(C)C)CC4=C3C2C1C=C4. The van der Waals surface area contributed by atoms with Gasteiger partial charge in [-0.05, 0) is 47.0 Å². The zero-order valence-corrected chi connectivity index (χ0v) is 13.5. The highest BCUT2D eigenvalue weighted by molar-refractivity contribution is 5.63. The molecule has 108 valence electrons. The van der Waals surface area contributed by atoms with Gasteiger partial charge < -0.3 is 0 Å². The summed E-state index contributed by atoms with van der Waals surface area (Å²) in [5.41, 5.74) is 8.01. The predicted molar refractivity (Wildman–Crippen MR) is 89.8 cm³/mol. The average Bonchev–Trinajstić information content (AvgIpc) is 2.45. The molecule has 0 spiro atoms. The lowest BCUT2D eigenvalue weighted by Crippen LogP contribution is -2.31. The summed E-state index contributed by atoms with van der Waals surface area (Å²) in [6, 6.07) is 0. The van der Waals surface area contributed by atoms with Gasteiger partial charge in [-0.2, -0.15) is 0 Å². The molecule has 0 bridgehead atoms. The van der Waals surface area contributed by atoms with Crippen molar-refractivity contribution < 1.29 is 0 Å². The van der Waals surface area contributed by atoms with Crippen molar-refractivity contribution in [2.75, 3.05) is 0 Å². The van der Waals surface area contributed by atoms with Crippen LogP contribution in [0.15, 0.2) is 70.4 Å². The Hall–Kier alpha value is -1.56. The van der Waals surface area contributed by atoms with Crippen molar-refractivity contribution in [2.24, 2.45) is 23.2 Å². The summed E-state index contributed by atoms with van der Waals surface area (Å²) in [6.07, 6.45) is 17.9. The first-order valence-corrected chi connectivity index (χ1v) is 8.15. The first-order chi connectivity index (χ1) is 9.95. The fraction of sp³-hybridized carbons (Fsp3) is 0.429. The third kappa shape index (κ3) is 1.88. The highest BCUT2D eigenvalue weighted by Crippen LogP contribution is 2.52. The van der Waals surface area contributed by atoms with Crippen molar-refractivity contribution in [2.45, 2.75) is 34.1 Å². The Morgan fingerprint density at radius 2 is 1.86 bits per heavy atom. The van der Waals surface area contributed by atoms with Crippen molar-refractivity contribution in [3.63, 3.8) is 0 Å². The van der Waals surface area contributed by atoms with Crippen LogP contribution in [-0.4, -0.2) is 0 Å². The summed E-state index contributed by atoms with van der Waals surface area (Å²) in [6.45, 7) is 9.36. The topological polar surface area (TPSA) is 0 Å². The first kappa shape index (κ1) is 13.1. The molecule has 21 heavy (non-hydrogen) atoms. The molecule has 4 rings (SSSR count). The quantitative estimate of drug-likeness (QED) is 0.545. The van der Waals surface area contributed by atoms with Gasteiger partial charge in [-0.25, -0.2) is 0 Å². The molecule has 0 amide bonds. The minimum Gasteiger partial charge on any atom is -0.0761 e. The Labute approximate surface area is 128 Å². The van der Waals surface area contributed by atoms with Crippen LogP contribution in [0.1, 0.15) is 34.1 Å². The second-order valence-corrected chi connectivity index (χ2v) is 8.01. The summed E-state index contributed by atoms with van der Waals surface area (Å²) in [5.74, 6) is 1.79. The molecular formula is C21H24. The minimum absolute atomic E-state index is 0.336. The molecule has 0 heterocycles. The van der Waals surface area contributed by atoms with Crippen LogP contribution in [0.5, 0.6) is 0 Å². The zero-order valence-electron chi connectivity index (χ0n) is 13.5. The van der Waals surface area contributed by atoms with Gasteiger partial charge >= 0.3 is 0 Å². The van der Waals surface area contributed by atoms with Gasteiger partial charge in [-0.1, -0.05) is 68.9 Å². The van der Waals surface area contributed by atoms with Gasteiger partial charge in [0.05, 0.1) is 0 Å². The van der Waals surface area contributed by atoms with E-state index < -0.39 is 0 Å². The van der Waals surface area contributed by atoms with Crippen molar-refractivity contribution >= 4 is 0 Å². The molecule has 3 unspecified atom stereocenters. The molecule has 0 saturated carbocycles. The standard InChI is InChI=1S/C21H24/c1-13-5-6-14-7-8-15-11-17(21(2,3)4)12-16-9-10-18(13)20(14)19(15)16/h5-11,17-18,20H,12H2,1-4H3. The van der Waals surface area contributed by atoms with Gasteiger partial charge in [0.15, 0.2) is 0 Å². The lowest BCUT2D eigenvalue weighted by atomic mass is 9.61. The predicted octanol–water partition coefficient (Wildman–Crippen LogP) is 5.53. The van der Waals surface area contributed by atoms with E-state index in [-0.39, 0.29) is 0 Å². The molecule has 0 aromatic rings. The van der Waals surface area contributed by atoms with Gasteiger partial charge in [0.1, 0.15) is 0 Å². The van der Waals surface area contributed by atoms with Gasteiger partial charge in [0, 0.05) is 11.8 Å². The van der Waals surface area contributed by atoms with E-state index in [2.05, 4.69) is 70.2 Å². The van der Waals surface area contributed by atoms with Gasteiger partial charge in [0.25, 0.3) is 0 Å². The number of hydrogen-bond acceptors (Lipinski definition) is 0. The van der Waals surface area contributed by atoms with Crippen LogP contribution in [0, 0.1) is 23.2 Å². The molecule has 3 atom stereocenters. The summed E-state index contributed by atoms with van der Waals surface area (Å²) >= 11 is 0. The van der Waals surface area contributed by atoms with E-state index in [1.54, 1.807) is 11.1 Å². The van der Waals surface area contributed by atoms with Crippen LogP contribution in [0.25, 0.3) is 0 Å². The Morgan fingerprint density at radius 3 is 2.62 bits per heavy atom. The Kier molecular flexibility index (Phi) is 2.64. The third-order valence-electron chi connectivity index (χ3n) is 5.64. The number of rotatable bonds is 0. The zero-order chi connectivity index (χ0) is 14.8. The van der Waals surface area contributed by atoms with E-state index in [1.165, 1.54) is 23.1 Å². The normalized spacial score (nSPS) is 33.3. The van der Waals surface area contributed by atoms with E-state index in [1.807, 2.05) is 0 Å². The Bertz CT molecular complexity index is 680. The van der Waals surface area contributed by atoms with E-state index in [4.69, 9.17) is 0 Å². The number of allylic oxidation sites excluding steroid dienone is 12. The van der Waals surface area contributed by atoms with E-state index >= 15 is 0 Å². The largest absolute Gasteiger partial charge is 0.0761 e. The van der Waals surface area contributed by atoms with Crippen LogP contribution >= 0.6 is 0 Å². The highest BCUT2D eigenvalue weighted by Gasteiger charge is 2.39. The molecule has 0 aromatic carbocycles. The molecule has 0 heteroatoms. The maximum Gasteiger partial charge on any atom is 0.0198 e. The van der Waals surface area contributed by atoms with E-state index in [9.17, 15) is 0 Å². The fourth-order valence-electron chi connectivity index (χ4n) is 4.22. The number of hydrogen-bond donors (Lipinski definition) is 0. The third-order valence-corrected chi connectivity index (χ3v) is 5.64. The highest BCUT2D eigenvalue weighted by atomic mass is 14.4. The van der Waals surface area contributed by atoms with Crippen LogP contribution in [-0.2, 0) is 0 Å². The van der Waals surface area contributed by atoms with Crippen molar-refractivity contribution in [3.05, 3.63) is 70.4 Å². The summed E-state index contributed by atoms with van der Waals surface area (Å²) in [7, 11) is 0. The maximum atomic E-state index is 2.54. The van der Waals surface area contributed by atoms with Crippen LogP contribution in [0.4, 0.5) is 0 Å². The minimum atomic E-state index is 0.336. The van der Waals surface area contributed by atoms with E-state index in [0.29, 0.717) is 23.2 Å². The second kappa shape index (κ2) is 4.22. The van der Waals surface area contributed by atoms with Crippen LogP contribution in [0.3, 0.4) is 0 Å². The Balaban J connectivity index is 1.86. The molecular weight excluding hydrogens is 252 g/mol. The smallest absolute Gasteiger partial charge is 0.0198 e. The Morgan fingerprint density at radius 1 is 1.05 bits per heavy atom. The molecule has 0 N–H and O–H groups in total.